The van der Waals surface area contributed by atoms with Gasteiger partial charge in [0.15, 0.2) is 5.16 Å². The number of fused-ring (bicyclic) bond motifs is 1. The van der Waals surface area contributed by atoms with Crippen LogP contribution in [-0.4, -0.2) is 26.8 Å². The van der Waals surface area contributed by atoms with E-state index in [0.717, 1.165) is 18.5 Å². The summed E-state index contributed by atoms with van der Waals surface area (Å²) in [6.45, 7) is 3.87. The third kappa shape index (κ3) is 5.11. The van der Waals surface area contributed by atoms with E-state index >= 15 is 0 Å². The molecule has 0 bridgehead atoms. The molecule has 2 atom stereocenters. The van der Waals surface area contributed by atoms with Crippen LogP contribution in [0.15, 0.2) is 82.1 Å². The van der Waals surface area contributed by atoms with Gasteiger partial charge >= 0.3 is 0 Å². The van der Waals surface area contributed by atoms with Crippen molar-refractivity contribution in [2.24, 2.45) is 0 Å². The van der Waals surface area contributed by atoms with E-state index in [1.54, 1.807) is 10.6 Å². The number of benzene rings is 2. The molecule has 0 saturated carbocycles. The summed E-state index contributed by atoms with van der Waals surface area (Å²) in [7, 11) is 0. The fraction of sp³-hybridized carbons (Fsp3) is 0.240. The largest absolute Gasteiger partial charge is 0.353 e. The van der Waals surface area contributed by atoms with Crippen molar-refractivity contribution in [1.82, 2.24) is 14.9 Å². The molecule has 0 radical (unpaired) electrons. The fourth-order valence-corrected chi connectivity index (χ4v) is 5.19. The molecule has 0 aliphatic heterocycles. The Labute approximate surface area is 195 Å². The Morgan fingerprint density at radius 2 is 1.75 bits per heavy atom. The third-order valence-corrected chi connectivity index (χ3v) is 7.09. The van der Waals surface area contributed by atoms with Crippen molar-refractivity contribution in [2.45, 2.75) is 43.1 Å². The molecule has 0 aliphatic carbocycles. The van der Waals surface area contributed by atoms with Crippen LogP contribution < -0.4 is 10.9 Å². The standard InChI is InChI=1S/C25H25N3O2S2/c1-17(13-14-19-9-5-3-6-10-19)26-22(29)18(2)32-25-27-23-21(15-16-31-23)24(30)28(25)20-11-7-4-8-12-20/h3-12,15-18H,13-14H2,1-2H3,(H,26,29)/t17-,18-/m0/s1. The number of hydrogen-bond donors (Lipinski definition) is 1. The molecule has 4 aromatic rings. The van der Waals surface area contributed by atoms with Gasteiger partial charge in [-0.25, -0.2) is 4.98 Å². The minimum Gasteiger partial charge on any atom is -0.353 e. The molecule has 0 unspecified atom stereocenters. The normalized spacial score (nSPS) is 13.1. The second kappa shape index (κ2) is 10.1. The number of rotatable bonds is 8. The van der Waals surface area contributed by atoms with Crippen molar-refractivity contribution >= 4 is 39.2 Å². The van der Waals surface area contributed by atoms with Crippen LogP contribution in [0.5, 0.6) is 0 Å². The van der Waals surface area contributed by atoms with Gasteiger partial charge in [-0.3, -0.25) is 14.2 Å². The Hall–Kier alpha value is -2.90. The van der Waals surface area contributed by atoms with E-state index < -0.39 is 5.25 Å². The van der Waals surface area contributed by atoms with E-state index in [-0.39, 0.29) is 17.5 Å². The molecule has 2 heterocycles. The molecule has 0 aliphatic rings. The zero-order valence-electron chi connectivity index (χ0n) is 18.0. The zero-order valence-corrected chi connectivity index (χ0v) is 19.7. The Morgan fingerprint density at radius 1 is 1.06 bits per heavy atom. The monoisotopic (exact) mass is 463 g/mol. The molecule has 5 nitrogen and oxygen atoms in total. The van der Waals surface area contributed by atoms with E-state index in [1.807, 2.05) is 67.8 Å². The molecule has 0 fully saturated rings. The van der Waals surface area contributed by atoms with Crippen LogP contribution in [0.1, 0.15) is 25.8 Å². The molecule has 4 rings (SSSR count). The lowest BCUT2D eigenvalue weighted by atomic mass is 10.1. The quantitative estimate of drug-likeness (QED) is 0.293. The van der Waals surface area contributed by atoms with Crippen LogP contribution in [0.4, 0.5) is 0 Å². The number of nitrogens with zero attached hydrogens (tertiary/aromatic N) is 2. The zero-order chi connectivity index (χ0) is 22.5. The number of hydrogen-bond acceptors (Lipinski definition) is 5. The molecule has 32 heavy (non-hydrogen) atoms. The van der Waals surface area contributed by atoms with Gasteiger partial charge in [0, 0.05) is 6.04 Å². The number of thioether (sulfide) groups is 1. The minimum atomic E-state index is -0.395. The number of para-hydroxylation sites is 1. The number of carbonyl (C=O) groups is 1. The van der Waals surface area contributed by atoms with Crippen molar-refractivity contribution in [3.05, 3.63) is 88.0 Å². The summed E-state index contributed by atoms with van der Waals surface area (Å²) >= 11 is 2.74. The Kier molecular flexibility index (Phi) is 7.07. The SMILES string of the molecule is C[C@H](Sc1nc2sccc2c(=O)n1-c1ccccc1)C(=O)N[C@@H](C)CCc1ccccc1. The second-order valence-corrected chi connectivity index (χ2v) is 9.91. The molecular weight excluding hydrogens is 438 g/mol. The van der Waals surface area contributed by atoms with Gasteiger partial charge in [0.1, 0.15) is 4.83 Å². The number of thiophene rings is 1. The fourth-order valence-electron chi connectivity index (χ4n) is 3.45. The van der Waals surface area contributed by atoms with Gasteiger partial charge in [0.05, 0.1) is 16.3 Å². The van der Waals surface area contributed by atoms with Crippen LogP contribution in [-0.2, 0) is 11.2 Å². The highest BCUT2D eigenvalue weighted by atomic mass is 32.2. The van der Waals surface area contributed by atoms with Gasteiger partial charge in [-0.1, -0.05) is 60.3 Å². The highest BCUT2D eigenvalue weighted by molar-refractivity contribution is 8.00. The van der Waals surface area contributed by atoms with Crippen molar-refractivity contribution in [1.29, 1.82) is 0 Å². The Bertz CT molecular complexity index is 1250. The summed E-state index contributed by atoms with van der Waals surface area (Å²) in [6.07, 6.45) is 1.77. The van der Waals surface area contributed by atoms with E-state index in [0.29, 0.717) is 15.4 Å². The number of nitrogens with one attached hydrogen (secondary N) is 1. The lowest BCUT2D eigenvalue weighted by Crippen LogP contribution is -2.38. The molecule has 2 aromatic carbocycles. The number of amides is 1. The van der Waals surface area contributed by atoms with Crippen molar-refractivity contribution in [3.8, 4) is 5.69 Å². The van der Waals surface area contributed by atoms with Crippen LogP contribution in [0.3, 0.4) is 0 Å². The summed E-state index contributed by atoms with van der Waals surface area (Å²) in [5, 5.41) is 5.69. The first-order chi connectivity index (χ1) is 15.5. The van der Waals surface area contributed by atoms with E-state index in [4.69, 9.17) is 4.98 Å². The third-order valence-electron chi connectivity index (χ3n) is 5.23. The topological polar surface area (TPSA) is 64.0 Å². The smallest absolute Gasteiger partial charge is 0.267 e. The number of aryl methyl sites for hydroxylation is 1. The summed E-state index contributed by atoms with van der Waals surface area (Å²) in [5.41, 5.74) is 1.88. The van der Waals surface area contributed by atoms with Crippen LogP contribution >= 0.6 is 23.1 Å². The molecule has 7 heteroatoms. The molecule has 1 amide bonds. The van der Waals surface area contributed by atoms with Gasteiger partial charge in [-0.05, 0) is 55.8 Å². The van der Waals surface area contributed by atoms with Crippen LogP contribution in [0.2, 0.25) is 0 Å². The second-order valence-electron chi connectivity index (χ2n) is 7.70. The summed E-state index contributed by atoms with van der Waals surface area (Å²) in [4.78, 5) is 31.4. The highest BCUT2D eigenvalue weighted by Gasteiger charge is 2.21. The molecule has 164 valence electrons. The maximum Gasteiger partial charge on any atom is 0.267 e. The Balaban J connectivity index is 1.50. The lowest BCUT2D eigenvalue weighted by molar-refractivity contribution is -0.120. The van der Waals surface area contributed by atoms with Crippen LogP contribution in [0, 0.1) is 0 Å². The molecule has 0 spiro atoms. The molecule has 2 aromatic heterocycles. The van der Waals surface area contributed by atoms with E-state index in [1.165, 1.54) is 28.7 Å². The number of aromatic nitrogens is 2. The first-order valence-corrected chi connectivity index (χ1v) is 12.4. The maximum absolute atomic E-state index is 13.2. The maximum atomic E-state index is 13.2. The van der Waals surface area contributed by atoms with Crippen molar-refractivity contribution in [2.75, 3.05) is 0 Å². The van der Waals surface area contributed by atoms with Gasteiger partial charge in [0.25, 0.3) is 5.56 Å². The van der Waals surface area contributed by atoms with Gasteiger partial charge in [0.2, 0.25) is 5.91 Å². The summed E-state index contributed by atoms with van der Waals surface area (Å²) in [5.74, 6) is -0.0595. The molecule has 0 saturated heterocycles. The average Bonchev–Trinajstić information content (AvgIpc) is 3.28. The number of carbonyl (C=O) groups excluding carboxylic acids is 1. The predicted molar refractivity (Wildman–Crippen MR) is 133 cm³/mol. The van der Waals surface area contributed by atoms with Gasteiger partial charge in [-0.2, -0.15) is 0 Å². The van der Waals surface area contributed by atoms with Crippen molar-refractivity contribution < 1.29 is 4.79 Å². The molecule has 1 N–H and O–H groups in total. The lowest BCUT2D eigenvalue weighted by Gasteiger charge is -2.19. The first-order valence-electron chi connectivity index (χ1n) is 10.6. The molecular formula is C25H25N3O2S2. The van der Waals surface area contributed by atoms with Crippen molar-refractivity contribution in [3.63, 3.8) is 0 Å². The van der Waals surface area contributed by atoms with Gasteiger partial charge < -0.3 is 5.32 Å². The van der Waals surface area contributed by atoms with Gasteiger partial charge in [-0.15, -0.1) is 11.3 Å². The van der Waals surface area contributed by atoms with Crippen LogP contribution in [0.25, 0.3) is 15.9 Å². The average molecular weight is 464 g/mol. The summed E-state index contributed by atoms with van der Waals surface area (Å²) < 4.78 is 1.60. The summed E-state index contributed by atoms with van der Waals surface area (Å²) in [6, 6.07) is 21.5. The van der Waals surface area contributed by atoms with E-state index in [9.17, 15) is 9.59 Å². The first kappa shape index (κ1) is 22.3. The Morgan fingerprint density at radius 3 is 2.47 bits per heavy atom. The minimum absolute atomic E-state index is 0.0507. The van der Waals surface area contributed by atoms with E-state index in [2.05, 4.69) is 17.4 Å². The highest BCUT2D eigenvalue weighted by Crippen LogP contribution is 2.27. The predicted octanol–water partition coefficient (Wildman–Crippen LogP) is 5.07.